The number of hydrogen-bond acceptors (Lipinski definition) is 5. The van der Waals surface area contributed by atoms with Gasteiger partial charge in [-0.05, 0) is 25.5 Å². The highest BCUT2D eigenvalue weighted by Gasteiger charge is 2.19. The number of amides is 1. The van der Waals surface area contributed by atoms with Gasteiger partial charge in [0.1, 0.15) is 0 Å². The van der Waals surface area contributed by atoms with E-state index in [0.717, 1.165) is 16.9 Å². The molecule has 0 aliphatic carbocycles. The first-order valence-electron chi connectivity index (χ1n) is 7.12. The molecule has 0 saturated heterocycles. The van der Waals surface area contributed by atoms with E-state index >= 15 is 0 Å². The maximum Gasteiger partial charge on any atom is 0.261 e. The summed E-state index contributed by atoms with van der Waals surface area (Å²) in [6.45, 7) is 3.92. The second-order valence-electron chi connectivity index (χ2n) is 5.34. The second-order valence-corrected chi connectivity index (χ2v) is 8.19. The summed E-state index contributed by atoms with van der Waals surface area (Å²) in [7, 11) is -3.56. The average molecular weight is 353 g/mol. The van der Waals surface area contributed by atoms with Crippen LogP contribution in [0.25, 0.3) is 0 Å². The van der Waals surface area contributed by atoms with Crippen molar-refractivity contribution < 1.29 is 17.9 Å². The molecule has 0 bridgehead atoms. The quantitative estimate of drug-likeness (QED) is 0.831. The van der Waals surface area contributed by atoms with E-state index in [9.17, 15) is 13.2 Å². The lowest BCUT2D eigenvalue weighted by atomic mass is 10.2. The summed E-state index contributed by atoms with van der Waals surface area (Å²) in [5, 5.41) is 4.20. The van der Waals surface area contributed by atoms with Crippen molar-refractivity contribution in [1.82, 2.24) is 5.32 Å². The molecule has 0 radical (unpaired) electrons. The van der Waals surface area contributed by atoms with Crippen LogP contribution in [0.15, 0.2) is 46.7 Å². The fraction of sp³-hybridized carbons (Fsp3) is 0.312. The molecule has 1 heterocycles. The number of ether oxygens (including phenoxy) is 1. The van der Waals surface area contributed by atoms with Crippen molar-refractivity contribution in [3.05, 3.63) is 52.2 Å². The Bertz CT molecular complexity index is 751. The molecule has 2 aromatic rings. The SMILES string of the molecule is CC(C)NC(=O)c1cc(S(=O)(=O)COCc2ccccc2)cs1. The number of sulfone groups is 1. The minimum Gasteiger partial charge on any atom is -0.360 e. The summed E-state index contributed by atoms with van der Waals surface area (Å²) in [6.07, 6.45) is 0. The van der Waals surface area contributed by atoms with Crippen LogP contribution in [0, 0.1) is 0 Å². The van der Waals surface area contributed by atoms with Crippen LogP contribution < -0.4 is 5.32 Å². The van der Waals surface area contributed by atoms with Crippen LogP contribution in [0.5, 0.6) is 0 Å². The maximum absolute atomic E-state index is 12.2. The smallest absolute Gasteiger partial charge is 0.261 e. The Hall–Kier alpha value is -1.70. The van der Waals surface area contributed by atoms with Crippen molar-refractivity contribution in [3.63, 3.8) is 0 Å². The number of benzene rings is 1. The third kappa shape index (κ3) is 5.16. The predicted molar refractivity (Wildman–Crippen MR) is 90.2 cm³/mol. The lowest BCUT2D eigenvalue weighted by Gasteiger charge is -2.06. The fourth-order valence-corrected chi connectivity index (χ4v) is 4.06. The minimum atomic E-state index is -3.56. The number of nitrogens with one attached hydrogen (secondary N) is 1. The van der Waals surface area contributed by atoms with E-state index in [2.05, 4.69) is 5.32 Å². The zero-order chi connectivity index (χ0) is 16.9. The Morgan fingerprint density at radius 3 is 2.61 bits per heavy atom. The van der Waals surface area contributed by atoms with Crippen molar-refractivity contribution in [2.75, 3.05) is 5.94 Å². The summed E-state index contributed by atoms with van der Waals surface area (Å²) in [6, 6.07) is 10.7. The molecular weight excluding hydrogens is 334 g/mol. The molecule has 0 fully saturated rings. The molecule has 0 spiro atoms. The van der Waals surface area contributed by atoms with E-state index in [4.69, 9.17) is 4.74 Å². The van der Waals surface area contributed by atoms with Crippen LogP contribution in [-0.2, 0) is 21.2 Å². The molecule has 23 heavy (non-hydrogen) atoms. The van der Waals surface area contributed by atoms with Crippen molar-refractivity contribution in [2.24, 2.45) is 0 Å². The Balaban J connectivity index is 1.97. The van der Waals surface area contributed by atoms with Gasteiger partial charge in [-0.25, -0.2) is 8.42 Å². The zero-order valence-electron chi connectivity index (χ0n) is 13.0. The van der Waals surface area contributed by atoms with Gasteiger partial charge in [-0.2, -0.15) is 0 Å². The number of hydrogen-bond donors (Lipinski definition) is 1. The summed E-state index contributed by atoms with van der Waals surface area (Å²) < 4.78 is 29.8. The summed E-state index contributed by atoms with van der Waals surface area (Å²) in [5.41, 5.74) is 0.907. The number of rotatable bonds is 7. The van der Waals surface area contributed by atoms with Crippen LogP contribution in [0.2, 0.25) is 0 Å². The lowest BCUT2D eigenvalue weighted by Crippen LogP contribution is -2.29. The van der Waals surface area contributed by atoms with Gasteiger partial charge in [0.2, 0.25) is 9.84 Å². The van der Waals surface area contributed by atoms with Gasteiger partial charge >= 0.3 is 0 Å². The summed E-state index contributed by atoms with van der Waals surface area (Å²) >= 11 is 1.11. The van der Waals surface area contributed by atoms with Crippen molar-refractivity contribution in [1.29, 1.82) is 0 Å². The largest absolute Gasteiger partial charge is 0.360 e. The molecule has 1 aromatic heterocycles. The molecule has 1 aromatic carbocycles. The van der Waals surface area contributed by atoms with E-state index in [-0.39, 0.29) is 23.5 Å². The van der Waals surface area contributed by atoms with Gasteiger partial charge in [0.15, 0.2) is 5.94 Å². The molecule has 124 valence electrons. The van der Waals surface area contributed by atoms with Gasteiger partial charge in [0.25, 0.3) is 5.91 Å². The molecule has 2 rings (SSSR count). The van der Waals surface area contributed by atoms with Crippen molar-refractivity contribution in [3.8, 4) is 0 Å². The van der Waals surface area contributed by atoms with Gasteiger partial charge in [0.05, 0.1) is 16.4 Å². The standard InChI is InChI=1S/C16H19NO4S2/c1-12(2)17-16(18)15-8-14(10-22-15)23(19,20)11-21-9-13-6-4-3-5-7-13/h3-8,10,12H,9,11H2,1-2H3,(H,17,18). The Kier molecular flexibility index (Phi) is 5.92. The fourth-order valence-electron chi connectivity index (χ4n) is 1.85. The molecule has 1 amide bonds. The molecule has 0 atom stereocenters. The Morgan fingerprint density at radius 1 is 1.26 bits per heavy atom. The van der Waals surface area contributed by atoms with E-state index in [1.165, 1.54) is 11.4 Å². The summed E-state index contributed by atoms with van der Waals surface area (Å²) in [5.74, 6) is -0.680. The van der Waals surface area contributed by atoms with Crippen LogP contribution in [0.3, 0.4) is 0 Å². The first-order chi connectivity index (χ1) is 10.9. The van der Waals surface area contributed by atoms with Crippen LogP contribution in [0.4, 0.5) is 0 Å². The maximum atomic E-state index is 12.2. The molecule has 0 unspecified atom stereocenters. The highest BCUT2D eigenvalue weighted by molar-refractivity contribution is 7.91. The van der Waals surface area contributed by atoms with Gasteiger partial charge in [-0.1, -0.05) is 30.3 Å². The highest BCUT2D eigenvalue weighted by atomic mass is 32.2. The average Bonchev–Trinajstić information content (AvgIpc) is 2.98. The van der Waals surface area contributed by atoms with Gasteiger partial charge in [-0.3, -0.25) is 4.79 Å². The molecule has 0 saturated carbocycles. The Morgan fingerprint density at radius 2 is 1.96 bits per heavy atom. The molecule has 0 aliphatic heterocycles. The van der Waals surface area contributed by atoms with E-state index in [1.54, 1.807) is 0 Å². The number of carbonyl (C=O) groups is 1. The van der Waals surface area contributed by atoms with E-state index in [0.29, 0.717) is 4.88 Å². The molecule has 5 nitrogen and oxygen atoms in total. The number of thiophene rings is 1. The van der Waals surface area contributed by atoms with Gasteiger partial charge < -0.3 is 10.1 Å². The monoisotopic (exact) mass is 353 g/mol. The lowest BCUT2D eigenvalue weighted by molar-refractivity contribution is 0.0947. The van der Waals surface area contributed by atoms with E-state index < -0.39 is 15.8 Å². The molecule has 0 aliphatic rings. The molecular formula is C16H19NO4S2. The third-order valence-electron chi connectivity index (χ3n) is 2.93. The molecule has 1 N–H and O–H groups in total. The Labute approximate surface area is 140 Å². The van der Waals surface area contributed by atoms with Crippen LogP contribution in [-0.4, -0.2) is 26.3 Å². The van der Waals surface area contributed by atoms with Crippen molar-refractivity contribution in [2.45, 2.75) is 31.4 Å². The third-order valence-corrected chi connectivity index (χ3v) is 5.44. The number of carbonyl (C=O) groups excluding carboxylic acids is 1. The molecule has 7 heteroatoms. The van der Waals surface area contributed by atoms with Crippen LogP contribution >= 0.6 is 11.3 Å². The first-order valence-corrected chi connectivity index (χ1v) is 9.65. The zero-order valence-corrected chi connectivity index (χ0v) is 14.6. The van der Waals surface area contributed by atoms with E-state index in [1.807, 2.05) is 44.2 Å². The first kappa shape index (κ1) is 17.7. The van der Waals surface area contributed by atoms with Gasteiger partial charge in [-0.15, -0.1) is 11.3 Å². The normalized spacial score (nSPS) is 11.6. The van der Waals surface area contributed by atoms with Crippen molar-refractivity contribution >= 4 is 27.1 Å². The van der Waals surface area contributed by atoms with Gasteiger partial charge in [0, 0.05) is 11.4 Å². The second kappa shape index (κ2) is 7.72. The highest BCUT2D eigenvalue weighted by Crippen LogP contribution is 2.21. The topological polar surface area (TPSA) is 72.5 Å². The van der Waals surface area contributed by atoms with Crippen LogP contribution in [0.1, 0.15) is 29.1 Å². The predicted octanol–water partition coefficient (Wildman–Crippen LogP) is 2.83. The summed E-state index contributed by atoms with van der Waals surface area (Å²) in [4.78, 5) is 12.4. The minimum absolute atomic E-state index is 0.00105.